The van der Waals surface area contributed by atoms with E-state index in [1.165, 1.54) is 11.8 Å². The summed E-state index contributed by atoms with van der Waals surface area (Å²) in [6.45, 7) is 2.07. The van der Waals surface area contributed by atoms with Gasteiger partial charge in [0.25, 0.3) is 5.22 Å². The molecule has 1 rings (SSSR count). The van der Waals surface area contributed by atoms with Crippen molar-refractivity contribution in [1.82, 2.24) is 20.0 Å². The number of hydrogen-bond donors (Lipinski definition) is 2. The van der Waals surface area contributed by atoms with Gasteiger partial charge in [-0.3, -0.25) is 9.69 Å². The van der Waals surface area contributed by atoms with Crippen LogP contribution in [0.15, 0.2) is 9.64 Å². The summed E-state index contributed by atoms with van der Waals surface area (Å²) < 4.78 is 5.56. The van der Waals surface area contributed by atoms with Crippen LogP contribution in [-0.2, 0) is 14.4 Å². The van der Waals surface area contributed by atoms with Gasteiger partial charge in [-0.25, -0.2) is 9.59 Å². The largest absolute Gasteiger partial charge is 0.473 e. The molecule has 0 aliphatic rings. The summed E-state index contributed by atoms with van der Waals surface area (Å²) in [6, 6.07) is 0.122. The number of carbonyl (C=O) groups excluding carboxylic acids is 1. The summed E-state index contributed by atoms with van der Waals surface area (Å²) in [6.07, 6.45) is 0.899. The Morgan fingerprint density at radius 2 is 1.67 bits per heavy atom. The molecule has 0 fully saturated rings. The number of carboxylic acids is 2. The molecule has 11 heteroatoms. The summed E-state index contributed by atoms with van der Waals surface area (Å²) >= 11 is 1.27. The van der Waals surface area contributed by atoms with Crippen LogP contribution in [0.5, 0.6) is 0 Å². The van der Waals surface area contributed by atoms with Crippen LogP contribution in [0.25, 0.3) is 0 Å². The molecule has 0 aliphatic heterocycles. The van der Waals surface area contributed by atoms with Crippen molar-refractivity contribution in [2.45, 2.75) is 24.6 Å². The fraction of sp³-hybridized carbons (Fsp3) is 0.615. The van der Waals surface area contributed by atoms with Crippen molar-refractivity contribution in [1.29, 1.82) is 0 Å². The maximum absolute atomic E-state index is 11.4. The molecule has 1 aromatic rings. The maximum Gasteiger partial charge on any atom is 0.414 e. The first-order valence-electron chi connectivity index (χ1n) is 6.89. The second-order valence-corrected chi connectivity index (χ2v) is 5.91. The molecule has 0 bridgehead atoms. The molecule has 0 saturated heterocycles. The predicted octanol–water partition coefficient (Wildman–Crippen LogP) is 0.418. The number of rotatable bonds is 6. The van der Waals surface area contributed by atoms with Crippen LogP contribution in [0, 0.1) is 0 Å². The van der Waals surface area contributed by atoms with Gasteiger partial charge in [0.1, 0.15) is 0 Å². The smallest absolute Gasteiger partial charge is 0.414 e. The standard InChI is InChI=1S/C11H20N4O2S.C2H2O4/c1-6-8(14(2)3)10-12-13-11(17-10)18-7-9(16)15(4)5;3-1(4)2(5)6/h8H,6-7H2,1-5H3;(H,3,4)(H,5,6). The minimum atomic E-state index is -1.82. The van der Waals surface area contributed by atoms with Gasteiger partial charge in [0.05, 0.1) is 11.8 Å². The number of carbonyl (C=O) groups is 3. The average molecular weight is 362 g/mol. The lowest BCUT2D eigenvalue weighted by atomic mass is 10.2. The van der Waals surface area contributed by atoms with Crippen LogP contribution < -0.4 is 0 Å². The Labute approximate surface area is 143 Å². The second-order valence-electron chi connectivity index (χ2n) is 4.98. The lowest BCUT2D eigenvalue weighted by Crippen LogP contribution is -2.23. The van der Waals surface area contributed by atoms with Crippen molar-refractivity contribution < 1.29 is 29.0 Å². The topological polar surface area (TPSA) is 137 Å². The average Bonchev–Trinajstić information content (AvgIpc) is 2.94. The van der Waals surface area contributed by atoms with Crippen LogP contribution in [-0.4, -0.2) is 82.0 Å². The number of thioether (sulfide) groups is 1. The predicted molar refractivity (Wildman–Crippen MR) is 85.7 cm³/mol. The van der Waals surface area contributed by atoms with Crippen LogP contribution in [0.3, 0.4) is 0 Å². The normalized spacial score (nSPS) is 11.4. The van der Waals surface area contributed by atoms with Gasteiger partial charge >= 0.3 is 11.9 Å². The Kier molecular flexibility index (Phi) is 9.65. The molecule has 0 saturated carbocycles. The van der Waals surface area contributed by atoms with E-state index < -0.39 is 11.9 Å². The minimum absolute atomic E-state index is 0.0272. The zero-order valence-electron chi connectivity index (χ0n) is 14.2. The van der Waals surface area contributed by atoms with E-state index in [4.69, 9.17) is 24.2 Å². The molecular formula is C13H22N4O6S. The number of nitrogens with zero attached hydrogens (tertiary/aromatic N) is 4. The van der Waals surface area contributed by atoms with Gasteiger partial charge in [-0.05, 0) is 20.5 Å². The van der Waals surface area contributed by atoms with Gasteiger partial charge in [0, 0.05) is 14.1 Å². The Hall–Kier alpha value is -2.14. The van der Waals surface area contributed by atoms with E-state index in [0.717, 1.165) is 6.42 Å². The van der Waals surface area contributed by atoms with Crippen molar-refractivity contribution >= 4 is 29.6 Å². The summed E-state index contributed by atoms with van der Waals surface area (Å²) in [5.41, 5.74) is 0. The highest BCUT2D eigenvalue weighted by Crippen LogP contribution is 2.24. The summed E-state index contributed by atoms with van der Waals surface area (Å²) in [7, 11) is 7.39. The van der Waals surface area contributed by atoms with E-state index in [1.54, 1.807) is 19.0 Å². The number of hydrogen-bond acceptors (Lipinski definition) is 8. The fourth-order valence-corrected chi connectivity index (χ4v) is 2.17. The first-order chi connectivity index (χ1) is 11.1. The quantitative estimate of drug-likeness (QED) is 0.541. The first-order valence-corrected chi connectivity index (χ1v) is 7.87. The highest BCUT2D eigenvalue weighted by Gasteiger charge is 2.19. The van der Waals surface area contributed by atoms with Crippen molar-refractivity contribution in [3.05, 3.63) is 5.89 Å². The molecule has 1 heterocycles. The fourth-order valence-electron chi connectivity index (χ4n) is 1.43. The minimum Gasteiger partial charge on any atom is -0.473 e. The van der Waals surface area contributed by atoms with Gasteiger partial charge < -0.3 is 19.5 Å². The van der Waals surface area contributed by atoms with Crippen molar-refractivity contribution in [3.8, 4) is 0 Å². The van der Waals surface area contributed by atoms with Gasteiger partial charge in [-0.15, -0.1) is 10.2 Å². The molecule has 0 radical (unpaired) electrons. The lowest BCUT2D eigenvalue weighted by Gasteiger charge is -2.18. The van der Waals surface area contributed by atoms with E-state index in [-0.39, 0.29) is 11.9 Å². The highest BCUT2D eigenvalue weighted by atomic mass is 32.2. The third-order valence-electron chi connectivity index (χ3n) is 2.72. The zero-order chi connectivity index (χ0) is 18.9. The molecule has 136 valence electrons. The molecule has 1 atom stereocenters. The number of aromatic nitrogens is 2. The summed E-state index contributed by atoms with van der Waals surface area (Å²) in [5, 5.41) is 23.2. The third kappa shape index (κ3) is 7.92. The lowest BCUT2D eigenvalue weighted by molar-refractivity contribution is -0.159. The number of aliphatic carboxylic acids is 2. The van der Waals surface area contributed by atoms with E-state index in [1.807, 2.05) is 19.0 Å². The SMILES string of the molecule is CCC(c1nnc(SCC(=O)N(C)C)o1)N(C)C.O=C(O)C(=O)O. The third-order valence-corrected chi connectivity index (χ3v) is 3.52. The van der Waals surface area contributed by atoms with E-state index in [0.29, 0.717) is 16.9 Å². The zero-order valence-corrected chi connectivity index (χ0v) is 15.0. The molecule has 0 spiro atoms. The van der Waals surface area contributed by atoms with Gasteiger partial charge in [-0.2, -0.15) is 0 Å². The molecule has 10 nitrogen and oxygen atoms in total. The van der Waals surface area contributed by atoms with Crippen molar-refractivity contribution in [2.75, 3.05) is 33.9 Å². The molecule has 24 heavy (non-hydrogen) atoms. The van der Waals surface area contributed by atoms with Crippen molar-refractivity contribution in [3.63, 3.8) is 0 Å². The highest BCUT2D eigenvalue weighted by molar-refractivity contribution is 7.99. The van der Waals surface area contributed by atoms with E-state index >= 15 is 0 Å². The summed E-state index contributed by atoms with van der Waals surface area (Å²) in [4.78, 5) is 33.2. The molecule has 1 aromatic heterocycles. The van der Waals surface area contributed by atoms with Crippen molar-refractivity contribution in [2.24, 2.45) is 0 Å². The maximum atomic E-state index is 11.4. The number of carboxylic acid groups (broad SMARTS) is 2. The Morgan fingerprint density at radius 1 is 1.12 bits per heavy atom. The summed E-state index contributed by atoms with van der Waals surface area (Å²) in [5.74, 6) is -2.71. The molecule has 0 aromatic carbocycles. The molecular weight excluding hydrogens is 340 g/mol. The van der Waals surface area contributed by atoms with E-state index in [9.17, 15) is 4.79 Å². The van der Waals surface area contributed by atoms with Crippen LogP contribution in [0.2, 0.25) is 0 Å². The Bertz CT molecular complexity index is 548. The Balaban J connectivity index is 0.000000754. The van der Waals surface area contributed by atoms with Gasteiger partial charge in [0.15, 0.2) is 0 Å². The van der Waals surface area contributed by atoms with Gasteiger partial charge in [-0.1, -0.05) is 18.7 Å². The molecule has 2 N–H and O–H groups in total. The molecule has 1 unspecified atom stereocenters. The second kappa shape index (κ2) is 10.6. The van der Waals surface area contributed by atoms with Crippen LogP contribution in [0.4, 0.5) is 0 Å². The first kappa shape index (κ1) is 21.9. The Morgan fingerprint density at radius 3 is 2.04 bits per heavy atom. The van der Waals surface area contributed by atoms with Gasteiger partial charge in [0.2, 0.25) is 11.8 Å². The van der Waals surface area contributed by atoms with Crippen LogP contribution in [0.1, 0.15) is 25.3 Å². The monoisotopic (exact) mass is 362 g/mol. The number of amides is 1. The van der Waals surface area contributed by atoms with E-state index in [2.05, 4.69) is 17.1 Å². The molecule has 0 aliphatic carbocycles. The van der Waals surface area contributed by atoms with Crippen LogP contribution >= 0.6 is 11.8 Å². The molecule has 1 amide bonds.